The number of phenols is 1. The second kappa shape index (κ2) is 6.10. The van der Waals surface area contributed by atoms with Gasteiger partial charge in [0.25, 0.3) is 0 Å². The lowest BCUT2D eigenvalue weighted by Crippen LogP contribution is -1.75. The average Bonchev–Trinajstić information content (AvgIpc) is 3.34. The maximum Gasteiger partial charge on any atom is 0.196 e. The smallest absolute Gasteiger partial charge is 0.196 e. The van der Waals surface area contributed by atoms with Crippen molar-refractivity contribution in [2.75, 3.05) is 0 Å². The van der Waals surface area contributed by atoms with E-state index in [1.165, 1.54) is 0 Å². The first-order chi connectivity index (χ1) is 13.3. The van der Waals surface area contributed by atoms with Gasteiger partial charge in [-0.15, -0.1) is 10.2 Å². The summed E-state index contributed by atoms with van der Waals surface area (Å²) in [5, 5.41) is 28.8. The molecule has 2 heterocycles. The molecule has 0 aliphatic carbocycles. The van der Waals surface area contributed by atoms with E-state index in [1.54, 1.807) is 6.07 Å². The molecular formula is C21H15N5O. The zero-order valence-corrected chi connectivity index (χ0v) is 14.2. The summed E-state index contributed by atoms with van der Waals surface area (Å²) < 4.78 is 0. The first kappa shape index (κ1) is 15.3. The van der Waals surface area contributed by atoms with Gasteiger partial charge in [-0.25, -0.2) is 0 Å². The molecule has 0 aliphatic heterocycles. The SMILES string of the molecule is Oc1ccc2ccccc2c1N=Nc1cc(-c2c[nH]c3ccccc23)[nH]n1. The molecule has 0 atom stereocenters. The fourth-order valence-electron chi connectivity index (χ4n) is 3.24. The van der Waals surface area contributed by atoms with Gasteiger partial charge in [0.2, 0.25) is 0 Å². The number of hydrogen-bond donors (Lipinski definition) is 3. The number of para-hydroxylation sites is 1. The highest BCUT2D eigenvalue weighted by Gasteiger charge is 2.10. The standard InChI is InChI=1S/C21H15N5O/c27-19-10-9-13-5-1-2-6-14(13)21(19)26-25-20-11-18(23-24-20)16-12-22-17-8-4-3-7-15(16)17/h1-12,22,27H,(H,23,24). The summed E-state index contributed by atoms with van der Waals surface area (Å²) >= 11 is 0. The van der Waals surface area contributed by atoms with Crippen molar-refractivity contribution in [1.29, 1.82) is 0 Å². The van der Waals surface area contributed by atoms with Crippen LogP contribution in [0.1, 0.15) is 0 Å². The van der Waals surface area contributed by atoms with Crippen molar-refractivity contribution >= 4 is 33.2 Å². The molecule has 6 nitrogen and oxygen atoms in total. The minimum atomic E-state index is 0.0878. The minimum Gasteiger partial charge on any atom is -0.506 e. The summed E-state index contributed by atoms with van der Waals surface area (Å²) in [7, 11) is 0. The Hall–Kier alpha value is -3.93. The third kappa shape index (κ3) is 2.64. The van der Waals surface area contributed by atoms with Crippen molar-refractivity contribution in [2.45, 2.75) is 0 Å². The number of nitrogens with one attached hydrogen (secondary N) is 2. The molecule has 0 unspecified atom stereocenters. The first-order valence-electron chi connectivity index (χ1n) is 8.54. The maximum atomic E-state index is 10.2. The third-order valence-electron chi connectivity index (χ3n) is 4.58. The molecule has 5 rings (SSSR count). The quantitative estimate of drug-likeness (QED) is 0.356. The number of nitrogens with zero attached hydrogens (tertiary/aromatic N) is 3. The molecule has 0 saturated heterocycles. The van der Waals surface area contributed by atoms with Crippen molar-refractivity contribution in [3.63, 3.8) is 0 Å². The molecule has 0 radical (unpaired) electrons. The Bertz CT molecular complexity index is 1300. The molecule has 0 spiro atoms. The van der Waals surface area contributed by atoms with Crippen LogP contribution < -0.4 is 0 Å². The number of phenolic OH excluding ortho intramolecular Hbond substituents is 1. The van der Waals surface area contributed by atoms with E-state index in [-0.39, 0.29) is 5.75 Å². The van der Waals surface area contributed by atoms with E-state index in [9.17, 15) is 5.11 Å². The van der Waals surface area contributed by atoms with Gasteiger partial charge >= 0.3 is 0 Å². The fraction of sp³-hybridized carbons (Fsp3) is 0. The Morgan fingerprint density at radius 2 is 1.67 bits per heavy atom. The highest BCUT2D eigenvalue weighted by molar-refractivity contribution is 5.96. The minimum absolute atomic E-state index is 0.0878. The van der Waals surface area contributed by atoms with E-state index in [4.69, 9.17) is 0 Å². The van der Waals surface area contributed by atoms with E-state index in [2.05, 4.69) is 31.5 Å². The fourth-order valence-corrected chi connectivity index (χ4v) is 3.24. The monoisotopic (exact) mass is 353 g/mol. The van der Waals surface area contributed by atoms with Gasteiger partial charge in [-0.05, 0) is 17.5 Å². The van der Waals surface area contributed by atoms with Crippen LogP contribution >= 0.6 is 0 Å². The normalized spacial score (nSPS) is 11.7. The molecule has 3 aromatic carbocycles. The van der Waals surface area contributed by atoms with Gasteiger partial charge in [-0.1, -0.05) is 48.5 Å². The Kier molecular flexibility index (Phi) is 3.47. The number of rotatable bonds is 3. The van der Waals surface area contributed by atoms with Crippen LogP contribution in [0.2, 0.25) is 0 Å². The van der Waals surface area contributed by atoms with Crippen molar-refractivity contribution in [2.24, 2.45) is 10.2 Å². The molecule has 130 valence electrons. The van der Waals surface area contributed by atoms with Gasteiger partial charge in [-0.3, -0.25) is 5.10 Å². The van der Waals surface area contributed by atoms with E-state index in [0.29, 0.717) is 11.5 Å². The number of benzene rings is 3. The second-order valence-corrected chi connectivity index (χ2v) is 6.24. The lowest BCUT2D eigenvalue weighted by Gasteiger charge is -2.02. The molecule has 6 heteroatoms. The Morgan fingerprint density at radius 1 is 0.852 bits per heavy atom. The number of aromatic nitrogens is 3. The molecule has 3 N–H and O–H groups in total. The molecule has 2 aromatic heterocycles. The molecule has 0 amide bonds. The van der Waals surface area contributed by atoms with Crippen LogP contribution in [-0.2, 0) is 0 Å². The van der Waals surface area contributed by atoms with Crippen LogP contribution in [0.15, 0.2) is 83.2 Å². The number of aromatic amines is 2. The molecule has 0 saturated carbocycles. The number of aromatic hydroxyl groups is 1. The molecular weight excluding hydrogens is 338 g/mol. The van der Waals surface area contributed by atoms with Crippen molar-refractivity contribution in [1.82, 2.24) is 15.2 Å². The van der Waals surface area contributed by atoms with Crippen LogP contribution in [0.25, 0.3) is 32.9 Å². The average molecular weight is 353 g/mol. The predicted octanol–water partition coefficient (Wildman–Crippen LogP) is 5.83. The number of fused-ring (bicyclic) bond motifs is 2. The zero-order chi connectivity index (χ0) is 18.2. The molecule has 0 fully saturated rings. The lowest BCUT2D eigenvalue weighted by molar-refractivity contribution is 0.477. The largest absolute Gasteiger partial charge is 0.506 e. The van der Waals surface area contributed by atoms with Crippen LogP contribution in [0.5, 0.6) is 5.75 Å². The number of H-pyrrole nitrogens is 2. The summed E-state index contributed by atoms with van der Waals surface area (Å²) in [5.74, 6) is 0.535. The summed E-state index contributed by atoms with van der Waals surface area (Å²) in [6, 6.07) is 21.1. The Morgan fingerprint density at radius 3 is 2.59 bits per heavy atom. The maximum absolute atomic E-state index is 10.2. The topological polar surface area (TPSA) is 89.4 Å². The van der Waals surface area contributed by atoms with Crippen molar-refractivity contribution in [3.8, 4) is 17.0 Å². The van der Waals surface area contributed by atoms with Crippen LogP contribution in [0, 0.1) is 0 Å². The van der Waals surface area contributed by atoms with Gasteiger partial charge in [0.05, 0.1) is 5.69 Å². The van der Waals surface area contributed by atoms with E-state index >= 15 is 0 Å². The highest BCUT2D eigenvalue weighted by atomic mass is 16.3. The summed E-state index contributed by atoms with van der Waals surface area (Å²) in [6.45, 7) is 0. The van der Waals surface area contributed by atoms with E-state index in [1.807, 2.05) is 60.8 Å². The number of azo groups is 1. The molecule has 5 aromatic rings. The Labute approximate surface area is 154 Å². The van der Waals surface area contributed by atoms with Crippen LogP contribution in [0.3, 0.4) is 0 Å². The van der Waals surface area contributed by atoms with Crippen LogP contribution in [-0.4, -0.2) is 20.3 Å². The molecule has 27 heavy (non-hydrogen) atoms. The number of hydrogen-bond acceptors (Lipinski definition) is 4. The summed E-state index contributed by atoms with van der Waals surface area (Å²) in [4.78, 5) is 3.25. The highest BCUT2D eigenvalue weighted by Crippen LogP contribution is 2.36. The second-order valence-electron chi connectivity index (χ2n) is 6.24. The van der Waals surface area contributed by atoms with E-state index < -0.39 is 0 Å². The molecule has 0 aliphatic rings. The Balaban J connectivity index is 1.52. The summed E-state index contributed by atoms with van der Waals surface area (Å²) in [6.07, 6.45) is 1.94. The van der Waals surface area contributed by atoms with E-state index in [0.717, 1.165) is 32.9 Å². The summed E-state index contributed by atoms with van der Waals surface area (Å²) in [5.41, 5.74) is 3.37. The van der Waals surface area contributed by atoms with Gasteiger partial charge in [-0.2, -0.15) is 5.10 Å². The zero-order valence-electron chi connectivity index (χ0n) is 14.2. The van der Waals surface area contributed by atoms with Gasteiger partial charge < -0.3 is 10.1 Å². The third-order valence-corrected chi connectivity index (χ3v) is 4.58. The van der Waals surface area contributed by atoms with Crippen molar-refractivity contribution in [3.05, 3.63) is 72.9 Å². The van der Waals surface area contributed by atoms with Gasteiger partial charge in [0.15, 0.2) is 5.82 Å². The van der Waals surface area contributed by atoms with Crippen LogP contribution in [0.4, 0.5) is 11.5 Å². The first-order valence-corrected chi connectivity index (χ1v) is 8.54. The van der Waals surface area contributed by atoms with Crippen molar-refractivity contribution < 1.29 is 5.11 Å². The molecule has 0 bridgehead atoms. The lowest BCUT2D eigenvalue weighted by atomic mass is 10.1. The van der Waals surface area contributed by atoms with Gasteiger partial charge in [0, 0.05) is 34.1 Å². The predicted molar refractivity (Wildman–Crippen MR) is 106 cm³/mol. The van der Waals surface area contributed by atoms with Gasteiger partial charge in [0.1, 0.15) is 11.4 Å².